The summed E-state index contributed by atoms with van der Waals surface area (Å²) in [6.07, 6.45) is 0. The largest absolute Gasteiger partial charge is 0.497 e. The predicted molar refractivity (Wildman–Crippen MR) is 93.4 cm³/mol. The first-order valence-electron chi connectivity index (χ1n) is 7.45. The van der Waals surface area contributed by atoms with E-state index in [4.69, 9.17) is 4.74 Å². The fourth-order valence-electron chi connectivity index (χ4n) is 2.36. The Hall–Kier alpha value is -3.28. The van der Waals surface area contributed by atoms with Crippen LogP contribution in [0.3, 0.4) is 0 Å². The maximum Gasteiger partial charge on any atom is 0.319 e. The van der Waals surface area contributed by atoms with Gasteiger partial charge < -0.3 is 20.4 Å². The fourth-order valence-corrected chi connectivity index (χ4v) is 2.36. The second-order valence-corrected chi connectivity index (χ2v) is 5.25. The lowest BCUT2D eigenvalue weighted by Gasteiger charge is -2.08. The number of methoxy groups -OCH3 is 1. The number of ether oxygens (including phenoxy) is 1. The highest BCUT2D eigenvalue weighted by molar-refractivity contribution is 5.89. The van der Waals surface area contributed by atoms with Gasteiger partial charge >= 0.3 is 6.03 Å². The van der Waals surface area contributed by atoms with Crippen LogP contribution < -0.4 is 20.9 Å². The van der Waals surface area contributed by atoms with Gasteiger partial charge in [0, 0.05) is 28.7 Å². The Balaban J connectivity index is 1.73. The van der Waals surface area contributed by atoms with Crippen LogP contribution in [0.2, 0.25) is 0 Å². The minimum atomic E-state index is -0.369. The molecule has 1 heterocycles. The van der Waals surface area contributed by atoms with Gasteiger partial charge in [-0.25, -0.2) is 4.79 Å². The second kappa shape index (κ2) is 6.87. The van der Waals surface area contributed by atoms with Crippen molar-refractivity contribution in [3.8, 4) is 5.75 Å². The second-order valence-electron chi connectivity index (χ2n) is 5.25. The molecule has 0 saturated heterocycles. The van der Waals surface area contributed by atoms with E-state index in [1.807, 2.05) is 24.3 Å². The molecular formula is C18H17N3O3. The van der Waals surface area contributed by atoms with Crippen LogP contribution in [0.4, 0.5) is 10.5 Å². The Kier molecular flexibility index (Phi) is 4.47. The molecule has 0 fully saturated rings. The Morgan fingerprint density at radius 1 is 1.12 bits per heavy atom. The molecule has 6 heteroatoms. The molecule has 0 spiro atoms. The summed E-state index contributed by atoms with van der Waals surface area (Å²) in [4.78, 5) is 26.8. The van der Waals surface area contributed by atoms with Crippen molar-refractivity contribution >= 4 is 22.6 Å². The molecule has 0 aliphatic carbocycles. The van der Waals surface area contributed by atoms with Crippen LogP contribution in [-0.4, -0.2) is 18.1 Å². The number of pyridine rings is 1. The minimum Gasteiger partial charge on any atom is -0.497 e. The molecule has 0 atom stereocenters. The molecule has 3 aromatic rings. The predicted octanol–water partition coefficient (Wildman–Crippen LogP) is 2.86. The third-order valence-electron chi connectivity index (χ3n) is 3.60. The van der Waals surface area contributed by atoms with Crippen molar-refractivity contribution in [1.82, 2.24) is 10.3 Å². The maximum atomic E-state index is 12.1. The average Bonchev–Trinajstić information content (AvgIpc) is 2.60. The van der Waals surface area contributed by atoms with Gasteiger partial charge in [-0.15, -0.1) is 0 Å². The number of fused-ring (bicyclic) bond motifs is 1. The van der Waals surface area contributed by atoms with Crippen molar-refractivity contribution in [2.24, 2.45) is 0 Å². The van der Waals surface area contributed by atoms with Crippen molar-refractivity contribution in [3.63, 3.8) is 0 Å². The van der Waals surface area contributed by atoms with Crippen LogP contribution in [0.25, 0.3) is 10.9 Å². The fraction of sp³-hybridized carbons (Fsp3) is 0.111. The lowest BCUT2D eigenvalue weighted by atomic mass is 10.1. The molecule has 3 rings (SSSR count). The Morgan fingerprint density at radius 2 is 1.92 bits per heavy atom. The first-order chi connectivity index (χ1) is 11.7. The van der Waals surface area contributed by atoms with Crippen LogP contribution in [0, 0.1) is 0 Å². The third kappa shape index (κ3) is 3.55. The summed E-state index contributed by atoms with van der Waals surface area (Å²) in [6.45, 7) is 0.126. The molecule has 0 radical (unpaired) electrons. The van der Waals surface area contributed by atoms with Crippen molar-refractivity contribution < 1.29 is 9.53 Å². The topological polar surface area (TPSA) is 83.2 Å². The number of rotatable bonds is 4. The van der Waals surface area contributed by atoms with Gasteiger partial charge in [0.2, 0.25) is 0 Å². The van der Waals surface area contributed by atoms with Gasteiger partial charge in [0.15, 0.2) is 0 Å². The molecule has 3 N–H and O–H groups in total. The molecule has 0 bridgehead atoms. The van der Waals surface area contributed by atoms with E-state index in [2.05, 4.69) is 15.6 Å². The lowest BCUT2D eigenvalue weighted by molar-refractivity contribution is 0.251. The van der Waals surface area contributed by atoms with Crippen LogP contribution in [0.15, 0.2) is 59.4 Å². The van der Waals surface area contributed by atoms with Crippen LogP contribution in [0.1, 0.15) is 5.56 Å². The number of hydrogen-bond acceptors (Lipinski definition) is 3. The van der Waals surface area contributed by atoms with E-state index in [0.29, 0.717) is 17.0 Å². The Morgan fingerprint density at radius 3 is 2.67 bits per heavy atom. The first kappa shape index (κ1) is 15.6. The van der Waals surface area contributed by atoms with Gasteiger partial charge in [0.05, 0.1) is 7.11 Å². The monoisotopic (exact) mass is 323 g/mol. The van der Waals surface area contributed by atoms with E-state index in [0.717, 1.165) is 10.9 Å². The van der Waals surface area contributed by atoms with Crippen molar-refractivity contribution in [2.75, 3.05) is 12.4 Å². The molecule has 0 unspecified atom stereocenters. The number of anilines is 1. The Bertz CT molecular complexity index is 920. The number of benzene rings is 2. The zero-order valence-electron chi connectivity index (χ0n) is 13.1. The molecular weight excluding hydrogens is 306 g/mol. The number of amides is 2. The van der Waals surface area contributed by atoms with E-state index in [-0.39, 0.29) is 18.1 Å². The van der Waals surface area contributed by atoms with E-state index in [1.165, 1.54) is 0 Å². The number of aromatic amines is 1. The zero-order valence-corrected chi connectivity index (χ0v) is 13.1. The smallest absolute Gasteiger partial charge is 0.319 e. The number of hydrogen-bond donors (Lipinski definition) is 3. The summed E-state index contributed by atoms with van der Waals surface area (Å²) < 4.78 is 5.19. The van der Waals surface area contributed by atoms with Crippen molar-refractivity contribution in [3.05, 3.63) is 70.5 Å². The van der Waals surface area contributed by atoms with Crippen LogP contribution in [-0.2, 0) is 6.54 Å². The Labute approximate surface area is 138 Å². The number of nitrogens with one attached hydrogen (secondary N) is 3. The van der Waals surface area contributed by atoms with E-state index in [1.54, 1.807) is 37.4 Å². The highest BCUT2D eigenvalue weighted by Crippen LogP contribution is 2.18. The standard InChI is InChI=1S/C18H17N3O3/c1-24-15-7-8-16-12(10-15)9-13(17(22)21-16)11-19-18(23)20-14-5-3-2-4-6-14/h2-10H,11H2,1H3,(H,21,22)(H2,19,20,23). The summed E-state index contributed by atoms with van der Waals surface area (Å²) in [7, 11) is 1.59. The number of para-hydroxylation sites is 1. The van der Waals surface area contributed by atoms with E-state index in [9.17, 15) is 9.59 Å². The van der Waals surface area contributed by atoms with Crippen LogP contribution in [0.5, 0.6) is 5.75 Å². The van der Waals surface area contributed by atoms with E-state index >= 15 is 0 Å². The van der Waals surface area contributed by atoms with Crippen LogP contribution >= 0.6 is 0 Å². The SMILES string of the molecule is COc1ccc2[nH]c(=O)c(CNC(=O)Nc3ccccc3)cc2c1. The van der Waals surface area contributed by atoms with Gasteiger partial charge in [-0.05, 0) is 36.4 Å². The van der Waals surface area contributed by atoms with Gasteiger partial charge in [-0.3, -0.25) is 4.79 Å². The molecule has 0 saturated carbocycles. The number of carbonyl (C=O) groups is 1. The molecule has 0 aliphatic rings. The normalized spacial score (nSPS) is 10.4. The maximum absolute atomic E-state index is 12.1. The molecule has 1 aromatic heterocycles. The molecule has 0 aliphatic heterocycles. The lowest BCUT2D eigenvalue weighted by Crippen LogP contribution is -2.30. The minimum absolute atomic E-state index is 0.126. The summed E-state index contributed by atoms with van der Waals surface area (Å²) in [5.74, 6) is 0.704. The molecule has 24 heavy (non-hydrogen) atoms. The number of carbonyl (C=O) groups excluding carboxylic acids is 1. The summed E-state index contributed by atoms with van der Waals surface area (Å²) >= 11 is 0. The number of urea groups is 1. The molecule has 2 aromatic carbocycles. The summed E-state index contributed by atoms with van der Waals surface area (Å²) in [5.41, 5.74) is 1.65. The highest BCUT2D eigenvalue weighted by atomic mass is 16.5. The van der Waals surface area contributed by atoms with Gasteiger partial charge in [0.25, 0.3) is 5.56 Å². The average molecular weight is 323 g/mol. The molecule has 2 amide bonds. The van der Waals surface area contributed by atoms with Crippen molar-refractivity contribution in [1.29, 1.82) is 0 Å². The number of H-pyrrole nitrogens is 1. The molecule has 6 nitrogen and oxygen atoms in total. The first-order valence-corrected chi connectivity index (χ1v) is 7.45. The van der Waals surface area contributed by atoms with Crippen molar-refractivity contribution in [2.45, 2.75) is 6.54 Å². The highest BCUT2D eigenvalue weighted by Gasteiger charge is 2.06. The third-order valence-corrected chi connectivity index (χ3v) is 3.60. The van der Waals surface area contributed by atoms with Gasteiger partial charge in [-0.1, -0.05) is 18.2 Å². The quantitative estimate of drug-likeness (QED) is 0.690. The molecule has 122 valence electrons. The zero-order chi connectivity index (χ0) is 16.9. The van der Waals surface area contributed by atoms with Gasteiger partial charge in [-0.2, -0.15) is 0 Å². The van der Waals surface area contributed by atoms with Gasteiger partial charge in [0.1, 0.15) is 5.75 Å². The number of aromatic nitrogens is 1. The summed E-state index contributed by atoms with van der Waals surface area (Å²) in [5, 5.41) is 6.23. The summed E-state index contributed by atoms with van der Waals surface area (Å²) in [6, 6.07) is 15.9. The van der Waals surface area contributed by atoms with E-state index < -0.39 is 0 Å².